The molecule has 0 amide bonds. The first-order valence-corrected chi connectivity index (χ1v) is 7.09. The van der Waals surface area contributed by atoms with Gasteiger partial charge in [0.15, 0.2) is 0 Å². The Balaban J connectivity index is 2.33. The zero-order valence-corrected chi connectivity index (χ0v) is 12.7. The molecule has 2 aromatic heterocycles. The molecule has 0 fully saturated rings. The summed E-state index contributed by atoms with van der Waals surface area (Å²) in [6.07, 6.45) is 1.65. The molecule has 4 heteroatoms. The van der Waals surface area contributed by atoms with E-state index in [9.17, 15) is 0 Å². The number of nitrogen functional groups attached to an aromatic ring is 1. The van der Waals surface area contributed by atoms with Crippen LogP contribution in [0.15, 0.2) is 24.4 Å². The number of nitrogens with two attached hydrogens (primary N) is 1. The lowest BCUT2D eigenvalue weighted by atomic mass is 9.94. The second-order valence-corrected chi connectivity index (χ2v) is 6.92. The van der Waals surface area contributed by atoms with E-state index in [2.05, 4.69) is 43.7 Å². The van der Waals surface area contributed by atoms with E-state index in [0.717, 1.165) is 15.5 Å². The van der Waals surface area contributed by atoms with Gasteiger partial charge in [0.05, 0.1) is 5.56 Å². The Bertz CT molecular complexity index is 657. The third-order valence-corrected chi connectivity index (χ3v) is 4.33. The highest BCUT2D eigenvalue weighted by Crippen LogP contribution is 2.35. The number of nitrogens with zero attached hydrogens (tertiary/aromatic N) is 1. The molecular formula is C15H15ClN2S. The predicted molar refractivity (Wildman–Crippen MR) is 82.7 cm³/mol. The molecule has 2 N–H and O–H groups in total. The summed E-state index contributed by atoms with van der Waals surface area (Å²) in [7, 11) is 0. The van der Waals surface area contributed by atoms with Crippen molar-refractivity contribution in [3.8, 4) is 11.8 Å². The molecule has 0 aliphatic carbocycles. The molecule has 98 valence electrons. The molecule has 0 spiro atoms. The maximum Gasteiger partial charge on any atom is 0.124 e. The minimum Gasteiger partial charge on any atom is -0.384 e. The van der Waals surface area contributed by atoms with Crippen LogP contribution in [0.2, 0.25) is 4.34 Å². The van der Waals surface area contributed by atoms with Crippen molar-refractivity contribution in [1.82, 2.24) is 4.98 Å². The predicted octanol–water partition coefficient (Wildman–Crippen LogP) is 4.08. The van der Waals surface area contributed by atoms with Crippen LogP contribution in [0.25, 0.3) is 0 Å². The van der Waals surface area contributed by atoms with Gasteiger partial charge >= 0.3 is 0 Å². The van der Waals surface area contributed by atoms with Crippen LogP contribution in [0.3, 0.4) is 0 Å². The average molecular weight is 291 g/mol. The van der Waals surface area contributed by atoms with Crippen LogP contribution in [0.4, 0.5) is 5.82 Å². The third kappa shape index (κ3) is 3.50. The number of aromatic nitrogens is 1. The van der Waals surface area contributed by atoms with E-state index in [4.69, 9.17) is 17.3 Å². The van der Waals surface area contributed by atoms with Gasteiger partial charge in [-0.25, -0.2) is 4.98 Å². The minimum atomic E-state index is 0.0926. The van der Waals surface area contributed by atoms with Gasteiger partial charge in [-0.15, -0.1) is 11.3 Å². The summed E-state index contributed by atoms with van der Waals surface area (Å²) in [6, 6.07) is 5.64. The molecule has 2 heterocycles. The highest BCUT2D eigenvalue weighted by molar-refractivity contribution is 7.16. The molecule has 2 aromatic rings. The van der Waals surface area contributed by atoms with Gasteiger partial charge in [0.2, 0.25) is 0 Å². The van der Waals surface area contributed by atoms with Gasteiger partial charge in [-0.2, -0.15) is 0 Å². The molecule has 0 saturated carbocycles. The highest BCUT2D eigenvalue weighted by atomic mass is 35.5. The van der Waals surface area contributed by atoms with Crippen molar-refractivity contribution in [2.75, 3.05) is 5.73 Å². The van der Waals surface area contributed by atoms with Crippen LogP contribution >= 0.6 is 22.9 Å². The largest absolute Gasteiger partial charge is 0.384 e. The summed E-state index contributed by atoms with van der Waals surface area (Å²) in [5, 5.41) is 0. The second kappa shape index (κ2) is 5.24. The van der Waals surface area contributed by atoms with E-state index >= 15 is 0 Å². The zero-order valence-electron chi connectivity index (χ0n) is 11.1. The van der Waals surface area contributed by atoms with E-state index in [1.165, 1.54) is 4.88 Å². The van der Waals surface area contributed by atoms with Crippen molar-refractivity contribution >= 4 is 28.8 Å². The Hall–Kier alpha value is -1.50. The molecule has 19 heavy (non-hydrogen) atoms. The lowest BCUT2D eigenvalue weighted by Crippen LogP contribution is -2.07. The lowest BCUT2D eigenvalue weighted by molar-refractivity contribution is 0.604. The molecule has 0 aliphatic heterocycles. The second-order valence-electron chi connectivity index (χ2n) is 5.27. The number of pyridine rings is 1. The van der Waals surface area contributed by atoms with Gasteiger partial charge in [0, 0.05) is 16.6 Å². The Kier molecular flexibility index (Phi) is 3.84. The lowest BCUT2D eigenvalue weighted by Gasteiger charge is -2.14. The van der Waals surface area contributed by atoms with Crippen LogP contribution in [0.5, 0.6) is 0 Å². The highest BCUT2D eigenvalue weighted by Gasteiger charge is 2.18. The fourth-order valence-electron chi connectivity index (χ4n) is 1.49. The minimum absolute atomic E-state index is 0.0926. The number of thiophene rings is 1. The van der Waals surface area contributed by atoms with Crippen LogP contribution in [-0.2, 0) is 5.41 Å². The van der Waals surface area contributed by atoms with E-state index in [1.807, 2.05) is 6.07 Å². The maximum absolute atomic E-state index is 6.23. The standard InChI is InChI=1S/C15H15ClN2S/c1-15(2,3)12-9-11(14(16)19-12)5-4-10-6-7-18-13(17)8-10/h6-9H,1-3H3,(H2,17,18). The molecule has 0 radical (unpaired) electrons. The van der Waals surface area contributed by atoms with Gasteiger partial charge in [0.1, 0.15) is 10.2 Å². The van der Waals surface area contributed by atoms with Crippen molar-refractivity contribution in [3.63, 3.8) is 0 Å². The first-order valence-electron chi connectivity index (χ1n) is 5.89. The van der Waals surface area contributed by atoms with Crippen LogP contribution in [0.1, 0.15) is 36.8 Å². The van der Waals surface area contributed by atoms with E-state index < -0.39 is 0 Å². The number of anilines is 1. The number of rotatable bonds is 0. The molecule has 2 nitrogen and oxygen atoms in total. The molecule has 0 unspecified atom stereocenters. The Morgan fingerprint density at radius 1 is 1.26 bits per heavy atom. The van der Waals surface area contributed by atoms with Crippen molar-refractivity contribution in [3.05, 3.63) is 44.7 Å². The number of hydrogen-bond donors (Lipinski definition) is 1. The van der Waals surface area contributed by atoms with Gasteiger partial charge < -0.3 is 5.73 Å². The molecule has 0 aliphatic rings. The SMILES string of the molecule is CC(C)(C)c1cc(C#Cc2ccnc(N)c2)c(Cl)s1. The van der Waals surface area contributed by atoms with Gasteiger partial charge in [-0.3, -0.25) is 0 Å². The van der Waals surface area contributed by atoms with Crippen molar-refractivity contribution < 1.29 is 0 Å². The Morgan fingerprint density at radius 2 is 2.00 bits per heavy atom. The van der Waals surface area contributed by atoms with Crippen molar-refractivity contribution in [2.45, 2.75) is 26.2 Å². The molecule has 0 aromatic carbocycles. The molecular weight excluding hydrogens is 276 g/mol. The van der Waals surface area contributed by atoms with Crippen LogP contribution in [-0.4, -0.2) is 4.98 Å². The van der Waals surface area contributed by atoms with Crippen LogP contribution in [0, 0.1) is 11.8 Å². The summed E-state index contributed by atoms with van der Waals surface area (Å²) in [5.74, 6) is 6.62. The van der Waals surface area contributed by atoms with E-state index in [-0.39, 0.29) is 5.41 Å². The fraction of sp³-hybridized carbons (Fsp3) is 0.267. The van der Waals surface area contributed by atoms with E-state index in [0.29, 0.717) is 5.82 Å². The smallest absolute Gasteiger partial charge is 0.124 e. The maximum atomic E-state index is 6.23. The third-order valence-electron chi connectivity index (χ3n) is 2.55. The average Bonchev–Trinajstić information content (AvgIpc) is 2.68. The molecule has 0 saturated heterocycles. The summed E-state index contributed by atoms with van der Waals surface area (Å²) >= 11 is 7.81. The zero-order chi connectivity index (χ0) is 14.0. The topological polar surface area (TPSA) is 38.9 Å². The van der Waals surface area contributed by atoms with Gasteiger partial charge in [0.25, 0.3) is 0 Å². The van der Waals surface area contributed by atoms with Crippen LogP contribution < -0.4 is 5.73 Å². The summed E-state index contributed by atoms with van der Waals surface area (Å²) < 4.78 is 0.736. The van der Waals surface area contributed by atoms with Crippen molar-refractivity contribution in [1.29, 1.82) is 0 Å². The summed E-state index contributed by atoms with van der Waals surface area (Å²) in [6.45, 7) is 6.49. The quantitative estimate of drug-likeness (QED) is 0.743. The fourth-order valence-corrected chi connectivity index (χ4v) is 2.74. The van der Waals surface area contributed by atoms with Gasteiger partial charge in [-0.05, 0) is 23.6 Å². The molecule has 2 rings (SSSR count). The monoisotopic (exact) mass is 290 g/mol. The number of halogens is 1. The van der Waals surface area contributed by atoms with Crippen molar-refractivity contribution in [2.24, 2.45) is 0 Å². The first kappa shape index (κ1) is 13.9. The summed E-state index contributed by atoms with van der Waals surface area (Å²) in [4.78, 5) is 5.17. The number of hydrogen-bond acceptors (Lipinski definition) is 3. The Morgan fingerprint density at radius 3 is 2.58 bits per heavy atom. The summed E-state index contributed by atoms with van der Waals surface area (Å²) in [5.41, 5.74) is 7.42. The van der Waals surface area contributed by atoms with Gasteiger partial charge in [-0.1, -0.05) is 44.2 Å². The Labute approximate surface area is 122 Å². The molecule has 0 atom stereocenters. The molecule has 0 bridgehead atoms. The van der Waals surface area contributed by atoms with E-state index in [1.54, 1.807) is 23.6 Å². The normalized spacial score (nSPS) is 10.9. The first-order chi connectivity index (χ1) is 8.86.